The lowest BCUT2D eigenvalue weighted by molar-refractivity contribution is 0.238. The van der Waals surface area contributed by atoms with Crippen LogP contribution < -0.4 is 9.64 Å². The minimum Gasteiger partial charge on any atom is -0.491 e. The summed E-state index contributed by atoms with van der Waals surface area (Å²) in [7, 11) is 0. The van der Waals surface area contributed by atoms with Crippen LogP contribution in [0.2, 0.25) is 0 Å². The van der Waals surface area contributed by atoms with Gasteiger partial charge in [0.2, 0.25) is 0 Å². The van der Waals surface area contributed by atoms with Crippen molar-refractivity contribution in [1.82, 2.24) is 4.90 Å². The molecule has 0 spiro atoms. The molecule has 1 fully saturated rings. The number of anilines is 1. The van der Waals surface area contributed by atoms with Crippen molar-refractivity contribution in [3.63, 3.8) is 0 Å². The van der Waals surface area contributed by atoms with Crippen molar-refractivity contribution in [2.24, 2.45) is 0 Å². The lowest BCUT2D eigenvalue weighted by atomic mass is 10.1. The molecule has 26 heavy (non-hydrogen) atoms. The van der Waals surface area contributed by atoms with E-state index in [1.54, 1.807) is 12.1 Å². The predicted molar refractivity (Wildman–Crippen MR) is 101 cm³/mol. The maximum Gasteiger partial charge on any atom is 0.147 e. The fourth-order valence-corrected chi connectivity index (χ4v) is 3.23. The van der Waals surface area contributed by atoms with Crippen LogP contribution in [0.25, 0.3) is 0 Å². The van der Waals surface area contributed by atoms with Gasteiger partial charge in [0.05, 0.1) is 23.4 Å². The zero-order valence-electron chi connectivity index (χ0n) is 15.3. The van der Waals surface area contributed by atoms with E-state index in [0.717, 1.165) is 38.5 Å². The summed E-state index contributed by atoms with van der Waals surface area (Å²) < 4.78 is 20.0. The van der Waals surface area contributed by atoms with Crippen LogP contribution >= 0.6 is 0 Å². The van der Waals surface area contributed by atoms with Crippen molar-refractivity contribution in [3.05, 3.63) is 59.4 Å². The summed E-state index contributed by atoms with van der Waals surface area (Å²) >= 11 is 0. The van der Waals surface area contributed by atoms with Crippen molar-refractivity contribution >= 4 is 5.69 Å². The van der Waals surface area contributed by atoms with Gasteiger partial charge in [-0.05, 0) is 49.7 Å². The molecule has 1 saturated heterocycles. The van der Waals surface area contributed by atoms with Gasteiger partial charge in [-0.2, -0.15) is 5.26 Å². The van der Waals surface area contributed by atoms with E-state index in [1.807, 2.05) is 36.9 Å². The first-order valence-corrected chi connectivity index (χ1v) is 8.97. The normalized spacial score (nSPS) is 15.1. The highest BCUT2D eigenvalue weighted by molar-refractivity contribution is 5.51. The van der Waals surface area contributed by atoms with Gasteiger partial charge in [-0.15, -0.1) is 0 Å². The largest absolute Gasteiger partial charge is 0.491 e. The second-order valence-corrected chi connectivity index (χ2v) is 6.86. The Labute approximate surface area is 154 Å². The fourth-order valence-electron chi connectivity index (χ4n) is 3.23. The average molecular weight is 353 g/mol. The van der Waals surface area contributed by atoms with Gasteiger partial charge in [0.1, 0.15) is 11.6 Å². The van der Waals surface area contributed by atoms with Crippen molar-refractivity contribution in [1.29, 1.82) is 5.26 Å². The van der Waals surface area contributed by atoms with Crippen molar-refractivity contribution in [3.8, 4) is 11.8 Å². The Morgan fingerprint density at radius 3 is 2.54 bits per heavy atom. The molecule has 0 N–H and O–H groups in total. The van der Waals surface area contributed by atoms with Gasteiger partial charge in [0.25, 0.3) is 0 Å². The van der Waals surface area contributed by atoms with E-state index in [0.29, 0.717) is 11.3 Å². The fraction of sp³-hybridized carbons (Fsp3) is 0.381. The third kappa shape index (κ3) is 4.53. The molecule has 0 bridgehead atoms. The van der Waals surface area contributed by atoms with Crippen molar-refractivity contribution in [2.75, 3.05) is 31.1 Å². The number of benzene rings is 2. The molecule has 0 amide bonds. The van der Waals surface area contributed by atoms with Gasteiger partial charge in [-0.1, -0.05) is 12.1 Å². The van der Waals surface area contributed by atoms with Gasteiger partial charge in [0, 0.05) is 32.7 Å². The van der Waals surface area contributed by atoms with E-state index >= 15 is 0 Å². The Morgan fingerprint density at radius 2 is 1.88 bits per heavy atom. The van der Waals surface area contributed by atoms with Crippen LogP contribution in [-0.2, 0) is 6.54 Å². The van der Waals surface area contributed by atoms with Crippen LogP contribution in [0.1, 0.15) is 25.0 Å². The molecule has 3 rings (SSSR count). The number of halogens is 1. The zero-order chi connectivity index (χ0) is 18.5. The highest BCUT2D eigenvalue weighted by atomic mass is 19.1. The molecule has 0 aliphatic carbocycles. The number of hydrogen-bond donors (Lipinski definition) is 0. The summed E-state index contributed by atoms with van der Waals surface area (Å²) in [6.07, 6.45) is 0.163. The standard InChI is InChI=1S/C21H24FN3O/c1-16(2)26-19-5-3-4-18(12-19)15-24-8-10-25(11-9-24)21-7-6-17(14-23)13-20(21)22/h3-7,12-13,16H,8-11,15H2,1-2H3. The summed E-state index contributed by atoms with van der Waals surface area (Å²) in [5.74, 6) is 0.576. The smallest absolute Gasteiger partial charge is 0.147 e. The molecule has 0 aromatic heterocycles. The molecule has 0 atom stereocenters. The molecule has 0 unspecified atom stereocenters. The molecular formula is C21H24FN3O. The molecule has 2 aromatic rings. The van der Waals surface area contributed by atoms with Gasteiger partial charge < -0.3 is 9.64 Å². The van der Waals surface area contributed by atoms with Crippen LogP contribution in [0.3, 0.4) is 0 Å². The SMILES string of the molecule is CC(C)Oc1cccc(CN2CCN(c3ccc(C#N)cc3F)CC2)c1. The molecule has 5 heteroatoms. The van der Waals surface area contributed by atoms with E-state index in [4.69, 9.17) is 10.00 Å². The number of nitriles is 1. The minimum absolute atomic E-state index is 0.163. The minimum atomic E-state index is -0.323. The molecule has 0 radical (unpaired) electrons. The monoisotopic (exact) mass is 353 g/mol. The predicted octanol–water partition coefficient (Wildman–Crippen LogP) is 3.81. The van der Waals surface area contributed by atoms with E-state index in [1.165, 1.54) is 11.6 Å². The van der Waals surface area contributed by atoms with Gasteiger partial charge in [-0.3, -0.25) is 4.90 Å². The van der Waals surface area contributed by atoms with E-state index < -0.39 is 0 Å². The second kappa shape index (κ2) is 8.20. The Hall–Kier alpha value is -2.58. The summed E-state index contributed by atoms with van der Waals surface area (Å²) in [5.41, 5.74) is 2.16. The Bertz CT molecular complexity index is 792. The maximum absolute atomic E-state index is 14.2. The molecule has 1 aliphatic heterocycles. The number of nitrogens with zero attached hydrogens (tertiary/aromatic N) is 3. The number of rotatable bonds is 5. The van der Waals surface area contributed by atoms with Gasteiger partial charge in [-0.25, -0.2) is 4.39 Å². The number of piperazine rings is 1. The van der Waals surface area contributed by atoms with Crippen molar-refractivity contribution in [2.45, 2.75) is 26.5 Å². The Balaban J connectivity index is 1.58. The van der Waals surface area contributed by atoms with Gasteiger partial charge in [0.15, 0.2) is 0 Å². The molecule has 2 aromatic carbocycles. The van der Waals surface area contributed by atoms with E-state index in [9.17, 15) is 4.39 Å². The summed E-state index contributed by atoms with van der Waals surface area (Å²) in [6, 6.07) is 14.9. The first-order chi connectivity index (χ1) is 12.5. The second-order valence-electron chi connectivity index (χ2n) is 6.86. The molecular weight excluding hydrogens is 329 g/mol. The van der Waals surface area contributed by atoms with Crippen molar-refractivity contribution < 1.29 is 9.13 Å². The Kier molecular flexibility index (Phi) is 5.75. The first kappa shape index (κ1) is 18.2. The zero-order valence-corrected chi connectivity index (χ0v) is 15.3. The molecule has 1 heterocycles. The third-order valence-corrected chi connectivity index (χ3v) is 4.47. The van der Waals surface area contributed by atoms with E-state index in [-0.39, 0.29) is 11.9 Å². The number of ether oxygens (including phenoxy) is 1. The van der Waals surface area contributed by atoms with Gasteiger partial charge >= 0.3 is 0 Å². The van der Waals surface area contributed by atoms with Crippen LogP contribution in [0, 0.1) is 17.1 Å². The quantitative estimate of drug-likeness (QED) is 0.819. The first-order valence-electron chi connectivity index (χ1n) is 8.97. The maximum atomic E-state index is 14.2. The van der Waals surface area contributed by atoms with Crippen LogP contribution in [0.4, 0.5) is 10.1 Å². The Morgan fingerprint density at radius 1 is 1.12 bits per heavy atom. The lowest BCUT2D eigenvalue weighted by Crippen LogP contribution is -2.46. The van der Waals surface area contributed by atoms with E-state index in [2.05, 4.69) is 17.0 Å². The number of hydrogen-bond acceptors (Lipinski definition) is 4. The summed E-state index contributed by atoms with van der Waals surface area (Å²) in [5, 5.41) is 8.86. The lowest BCUT2D eigenvalue weighted by Gasteiger charge is -2.36. The molecule has 4 nitrogen and oxygen atoms in total. The molecule has 0 saturated carbocycles. The van der Waals surface area contributed by atoms with Crippen LogP contribution in [0.15, 0.2) is 42.5 Å². The average Bonchev–Trinajstić information content (AvgIpc) is 2.62. The van der Waals surface area contributed by atoms with Crippen LogP contribution in [-0.4, -0.2) is 37.2 Å². The summed E-state index contributed by atoms with van der Waals surface area (Å²) in [4.78, 5) is 4.41. The molecule has 136 valence electrons. The van der Waals surface area contributed by atoms with Crippen LogP contribution in [0.5, 0.6) is 5.75 Å². The topological polar surface area (TPSA) is 39.5 Å². The highest BCUT2D eigenvalue weighted by Crippen LogP contribution is 2.23. The molecule has 1 aliphatic rings. The third-order valence-electron chi connectivity index (χ3n) is 4.47. The highest BCUT2D eigenvalue weighted by Gasteiger charge is 2.20. The summed E-state index contributed by atoms with van der Waals surface area (Å²) in [6.45, 7) is 8.18.